The van der Waals surface area contributed by atoms with Crippen molar-refractivity contribution in [1.82, 2.24) is 5.32 Å². The van der Waals surface area contributed by atoms with Crippen molar-refractivity contribution in [2.75, 3.05) is 6.54 Å². The van der Waals surface area contributed by atoms with Gasteiger partial charge in [0.25, 0.3) is 0 Å². The van der Waals surface area contributed by atoms with Crippen LogP contribution < -0.4 is 5.32 Å². The van der Waals surface area contributed by atoms with Gasteiger partial charge in [-0.1, -0.05) is 200 Å². The molecule has 0 fully saturated rings. The lowest BCUT2D eigenvalue weighted by atomic mass is 10.0. The molecular weight excluding hydrogens is 462 g/mol. The van der Waals surface area contributed by atoms with Crippen molar-refractivity contribution in [3.05, 3.63) is 0 Å². The van der Waals surface area contributed by atoms with E-state index in [4.69, 9.17) is 0 Å². The van der Waals surface area contributed by atoms with Crippen LogP contribution in [0.1, 0.15) is 219 Å². The van der Waals surface area contributed by atoms with Crippen molar-refractivity contribution >= 4 is 0 Å². The summed E-state index contributed by atoms with van der Waals surface area (Å²) in [7, 11) is 0. The van der Waals surface area contributed by atoms with E-state index < -0.39 is 0 Å². The highest BCUT2D eigenvalue weighted by molar-refractivity contribution is 4.57. The molecule has 0 rings (SSSR count). The number of hydrogen-bond acceptors (Lipinski definition) is 2. The SMILES string of the molecule is CCCCCCCCCCCCCCCCCCCC(O)NCCCCCCCCCCCCCCCC. The first-order valence-corrected chi connectivity index (χ1v) is 18.2. The van der Waals surface area contributed by atoms with Crippen LogP contribution in [0.15, 0.2) is 0 Å². The van der Waals surface area contributed by atoms with Crippen LogP contribution in [0.25, 0.3) is 0 Å². The molecule has 0 aromatic rings. The minimum absolute atomic E-state index is 0.284. The Hall–Kier alpha value is -0.0800. The predicted octanol–water partition coefficient (Wildman–Crippen LogP) is 12.4. The minimum Gasteiger partial charge on any atom is -0.379 e. The molecule has 0 aliphatic carbocycles. The summed E-state index contributed by atoms with van der Waals surface area (Å²) in [5.41, 5.74) is 0. The third-order valence-electron chi connectivity index (χ3n) is 8.49. The van der Waals surface area contributed by atoms with Gasteiger partial charge in [0.1, 0.15) is 6.23 Å². The second-order valence-corrected chi connectivity index (χ2v) is 12.5. The fourth-order valence-corrected chi connectivity index (χ4v) is 5.75. The molecule has 0 bridgehead atoms. The Bertz CT molecular complexity index is 399. The number of rotatable bonds is 34. The van der Waals surface area contributed by atoms with Gasteiger partial charge in [-0.05, 0) is 25.8 Å². The minimum atomic E-state index is -0.284. The van der Waals surface area contributed by atoms with Crippen LogP contribution in [0.2, 0.25) is 0 Å². The number of unbranched alkanes of at least 4 members (excludes halogenated alkanes) is 29. The van der Waals surface area contributed by atoms with Crippen LogP contribution in [0, 0.1) is 0 Å². The highest BCUT2D eigenvalue weighted by Gasteiger charge is 2.02. The normalized spacial score (nSPS) is 12.4. The number of aliphatic hydroxyl groups is 1. The van der Waals surface area contributed by atoms with Crippen molar-refractivity contribution < 1.29 is 5.11 Å². The number of aliphatic hydroxyl groups excluding tert-OH is 1. The zero-order chi connectivity index (χ0) is 27.6. The van der Waals surface area contributed by atoms with Gasteiger partial charge in [-0.15, -0.1) is 0 Å². The molecule has 0 heterocycles. The Morgan fingerprint density at radius 1 is 0.342 bits per heavy atom. The number of hydrogen-bond donors (Lipinski definition) is 2. The van der Waals surface area contributed by atoms with E-state index >= 15 is 0 Å². The van der Waals surface area contributed by atoms with Gasteiger partial charge in [-0.2, -0.15) is 0 Å². The van der Waals surface area contributed by atoms with Gasteiger partial charge in [0.2, 0.25) is 0 Å². The fourth-order valence-electron chi connectivity index (χ4n) is 5.75. The first-order valence-electron chi connectivity index (χ1n) is 18.2. The third kappa shape index (κ3) is 33.9. The molecule has 1 unspecified atom stereocenters. The molecule has 0 saturated carbocycles. The van der Waals surface area contributed by atoms with Crippen molar-refractivity contribution in [3.8, 4) is 0 Å². The highest BCUT2D eigenvalue weighted by atomic mass is 16.3. The van der Waals surface area contributed by atoms with E-state index in [0.717, 1.165) is 13.0 Å². The van der Waals surface area contributed by atoms with Crippen LogP contribution in [-0.4, -0.2) is 17.9 Å². The van der Waals surface area contributed by atoms with Crippen LogP contribution in [-0.2, 0) is 0 Å². The van der Waals surface area contributed by atoms with E-state index in [1.807, 2.05) is 0 Å². The molecule has 0 aliphatic rings. The zero-order valence-electron chi connectivity index (χ0n) is 26.9. The molecule has 0 radical (unpaired) electrons. The summed E-state index contributed by atoms with van der Waals surface area (Å²) in [5, 5.41) is 13.5. The van der Waals surface area contributed by atoms with E-state index in [0.29, 0.717) is 0 Å². The van der Waals surface area contributed by atoms with Crippen molar-refractivity contribution in [3.63, 3.8) is 0 Å². The molecule has 0 spiro atoms. The molecule has 230 valence electrons. The van der Waals surface area contributed by atoms with E-state index in [1.54, 1.807) is 0 Å². The van der Waals surface area contributed by atoms with E-state index in [2.05, 4.69) is 19.2 Å². The van der Waals surface area contributed by atoms with E-state index in [9.17, 15) is 5.11 Å². The Kier molecular flexibility index (Phi) is 34.9. The molecular formula is C36H75NO. The van der Waals surface area contributed by atoms with Gasteiger partial charge in [-0.25, -0.2) is 0 Å². The Morgan fingerprint density at radius 3 is 0.868 bits per heavy atom. The molecule has 2 heteroatoms. The quantitative estimate of drug-likeness (QED) is 0.0631. The molecule has 0 aromatic carbocycles. The van der Waals surface area contributed by atoms with Crippen LogP contribution >= 0.6 is 0 Å². The van der Waals surface area contributed by atoms with Crippen LogP contribution in [0.5, 0.6) is 0 Å². The molecule has 0 saturated heterocycles. The highest BCUT2D eigenvalue weighted by Crippen LogP contribution is 2.15. The third-order valence-corrected chi connectivity index (χ3v) is 8.49. The summed E-state index contributed by atoms with van der Waals surface area (Å²) in [6.07, 6.45) is 44.3. The first kappa shape index (κ1) is 37.9. The molecule has 2 nitrogen and oxygen atoms in total. The van der Waals surface area contributed by atoms with E-state index in [1.165, 1.54) is 199 Å². The van der Waals surface area contributed by atoms with Gasteiger partial charge in [0.15, 0.2) is 0 Å². The van der Waals surface area contributed by atoms with Gasteiger partial charge >= 0.3 is 0 Å². The monoisotopic (exact) mass is 538 g/mol. The number of nitrogens with one attached hydrogen (secondary N) is 1. The van der Waals surface area contributed by atoms with Crippen LogP contribution in [0.3, 0.4) is 0 Å². The fraction of sp³-hybridized carbons (Fsp3) is 1.00. The van der Waals surface area contributed by atoms with Gasteiger partial charge in [0.05, 0.1) is 0 Å². The second-order valence-electron chi connectivity index (χ2n) is 12.5. The lowest BCUT2D eigenvalue weighted by Gasteiger charge is -2.12. The van der Waals surface area contributed by atoms with Crippen molar-refractivity contribution in [1.29, 1.82) is 0 Å². The smallest absolute Gasteiger partial charge is 0.104 e. The maximum atomic E-state index is 10.2. The molecule has 1 atom stereocenters. The molecule has 2 N–H and O–H groups in total. The van der Waals surface area contributed by atoms with E-state index in [-0.39, 0.29) is 6.23 Å². The lowest BCUT2D eigenvalue weighted by Crippen LogP contribution is -2.29. The summed E-state index contributed by atoms with van der Waals surface area (Å²) in [4.78, 5) is 0. The first-order chi connectivity index (χ1) is 18.8. The summed E-state index contributed by atoms with van der Waals surface area (Å²) in [5.74, 6) is 0. The van der Waals surface area contributed by atoms with Gasteiger partial charge < -0.3 is 5.11 Å². The molecule has 0 amide bonds. The summed E-state index contributed by atoms with van der Waals surface area (Å²) < 4.78 is 0. The summed E-state index contributed by atoms with van der Waals surface area (Å²) in [6.45, 7) is 5.58. The maximum absolute atomic E-state index is 10.2. The topological polar surface area (TPSA) is 32.3 Å². The standard InChI is InChI=1S/C36H75NO/c1-3-5-7-9-11-13-15-17-19-20-21-22-24-26-28-30-32-34-36(38)37-35-33-31-29-27-25-23-18-16-14-12-10-8-6-4-2/h36-38H,3-35H2,1-2H3. The molecule has 38 heavy (non-hydrogen) atoms. The van der Waals surface area contributed by atoms with Gasteiger partial charge in [-0.3, -0.25) is 5.32 Å². The maximum Gasteiger partial charge on any atom is 0.104 e. The summed E-state index contributed by atoms with van der Waals surface area (Å²) in [6, 6.07) is 0. The van der Waals surface area contributed by atoms with Crippen molar-refractivity contribution in [2.45, 2.75) is 226 Å². The second kappa shape index (κ2) is 34.9. The average Bonchev–Trinajstić information content (AvgIpc) is 2.92. The summed E-state index contributed by atoms with van der Waals surface area (Å²) >= 11 is 0. The molecule has 0 aromatic heterocycles. The Balaban J connectivity index is 3.13. The Labute approximate surface area is 242 Å². The Morgan fingerprint density at radius 2 is 0.579 bits per heavy atom. The van der Waals surface area contributed by atoms with Crippen LogP contribution in [0.4, 0.5) is 0 Å². The molecule has 0 aliphatic heterocycles. The van der Waals surface area contributed by atoms with Gasteiger partial charge in [0, 0.05) is 0 Å². The van der Waals surface area contributed by atoms with Crippen molar-refractivity contribution in [2.24, 2.45) is 0 Å². The lowest BCUT2D eigenvalue weighted by molar-refractivity contribution is 0.124. The average molecular weight is 538 g/mol. The zero-order valence-corrected chi connectivity index (χ0v) is 26.9. The largest absolute Gasteiger partial charge is 0.379 e. The predicted molar refractivity (Wildman–Crippen MR) is 173 cm³/mol.